The Labute approximate surface area is 47.6 Å². The van der Waals surface area contributed by atoms with E-state index in [1.807, 2.05) is 0 Å². The van der Waals surface area contributed by atoms with E-state index in [2.05, 4.69) is 9.47 Å². The molecule has 0 aromatic carbocycles. The van der Waals surface area contributed by atoms with Gasteiger partial charge in [-0.1, -0.05) is 0 Å². The monoisotopic (exact) mass is 122 g/mol. The highest BCUT2D eigenvalue weighted by Gasteiger charge is 1.81. The van der Waals surface area contributed by atoms with Gasteiger partial charge < -0.3 is 19.7 Å². The lowest BCUT2D eigenvalue weighted by Gasteiger charge is -1.98. The van der Waals surface area contributed by atoms with Gasteiger partial charge in [0.05, 0.1) is 13.2 Å². The van der Waals surface area contributed by atoms with E-state index in [9.17, 15) is 0 Å². The first-order valence-electron chi connectivity index (χ1n) is 2.29. The molecule has 8 heavy (non-hydrogen) atoms. The van der Waals surface area contributed by atoms with Crippen LogP contribution in [0.1, 0.15) is 0 Å². The smallest absolute Gasteiger partial charge is 0.149 e. The molecule has 0 saturated carbocycles. The van der Waals surface area contributed by atoms with Gasteiger partial charge in [-0.15, -0.1) is 0 Å². The molecule has 0 bridgehead atoms. The maximum Gasteiger partial charge on any atom is 0.149 e. The van der Waals surface area contributed by atoms with E-state index in [-0.39, 0.29) is 26.8 Å². The second kappa shape index (κ2) is 6.84. The van der Waals surface area contributed by atoms with Crippen molar-refractivity contribution in [1.82, 2.24) is 0 Å². The number of aliphatic hydroxyl groups excluding tert-OH is 2. The Bertz CT molecular complexity index is 33.0. The molecule has 50 valence electrons. The maximum absolute atomic E-state index is 8.12. The molecule has 0 aliphatic heterocycles. The Morgan fingerprint density at radius 1 is 1.12 bits per heavy atom. The summed E-state index contributed by atoms with van der Waals surface area (Å²) in [4.78, 5) is 0. The summed E-state index contributed by atoms with van der Waals surface area (Å²) in [6, 6.07) is 0. The Morgan fingerprint density at radius 3 is 2.38 bits per heavy atom. The third-order valence-electron chi connectivity index (χ3n) is 0.494. The van der Waals surface area contributed by atoms with Gasteiger partial charge in [-0.25, -0.2) is 0 Å². The Hall–Kier alpha value is -0.160. The minimum atomic E-state index is -0.342. The van der Waals surface area contributed by atoms with Crippen LogP contribution in [-0.4, -0.2) is 37.0 Å². The minimum absolute atomic E-state index is 0.0191. The molecule has 0 aliphatic carbocycles. The van der Waals surface area contributed by atoms with Crippen LogP contribution in [0.5, 0.6) is 0 Å². The van der Waals surface area contributed by atoms with Crippen molar-refractivity contribution < 1.29 is 19.7 Å². The minimum Gasteiger partial charge on any atom is -0.394 e. The van der Waals surface area contributed by atoms with E-state index in [0.29, 0.717) is 0 Å². The van der Waals surface area contributed by atoms with Crippen LogP contribution in [0.3, 0.4) is 0 Å². The topological polar surface area (TPSA) is 58.9 Å². The summed E-state index contributed by atoms with van der Waals surface area (Å²) in [7, 11) is 0. The van der Waals surface area contributed by atoms with Crippen LogP contribution in [0.25, 0.3) is 0 Å². The van der Waals surface area contributed by atoms with Crippen molar-refractivity contribution in [3.8, 4) is 0 Å². The highest BCUT2D eigenvalue weighted by molar-refractivity contribution is 4.16. The fourth-order valence-corrected chi connectivity index (χ4v) is 0.220. The van der Waals surface area contributed by atoms with Crippen LogP contribution >= 0.6 is 0 Å². The van der Waals surface area contributed by atoms with Crippen molar-refractivity contribution in [1.29, 1.82) is 0 Å². The number of ether oxygens (including phenoxy) is 2. The Kier molecular flexibility index (Phi) is 6.70. The van der Waals surface area contributed by atoms with Crippen molar-refractivity contribution >= 4 is 0 Å². The highest BCUT2D eigenvalue weighted by atomic mass is 16.7. The molecule has 0 fully saturated rings. The van der Waals surface area contributed by atoms with Gasteiger partial charge in [-0.05, 0) is 0 Å². The van der Waals surface area contributed by atoms with E-state index < -0.39 is 0 Å². The van der Waals surface area contributed by atoms with Crippen molar-refractivity contribution in [2.75, 3.05) is 26.8 Å². The third kappa shape index (κ3) is 5.84. The molecule has 0 aliphatic rings. The van der Waals surface area contributed by atoms with Gasteiger partial charge in [0.15, 0.2) is 0 Å². The lowest BCUT2D eigenvalue weighted by molar-refractivity contribution is -0.112. The number of rotatable bonds is 5. The summed E-state index contributed by atoms with van der Waals surface area (Å²) >= 11 is 0. The molecule has 4 heteroatoms. The quantitative estimate of drug-likeness (QED) is 0.359. The summed E-state index contributed by atoms with van der Waals surface area (Å²) < 4.78 is 8.95. The zero-order valence-electron chi connectivity index (χ0n) is 4.54. The summed E-state index contributed by atoms with van der Waals surface area (Å²) in [6.07, 6.45) is 0. The molecule has 0 aromatic heterocycles. The molecule has 0 radical (unpaired) electrons. The fourth-order valence-electron chi connectivity index (χ4n) is 0.220. The molecule has 2 N–H and O–H groups in total. The van der Waals surface area contributed by atoms with E-state index in [0.717, 1.165) is 0 Å². The molecule has 4 nitrogen and oxygen atoms in total. The average molecular weight is 122 g/mol. The fraction of sp³-hybridized carbons (Fsp3) is 1.00. The first-order valence-corrected chi connectivity index (χ1v) is 2.29. The normalized spacial score (nSPS) is 9.75. The van der Waals surface area contributed by atoms with Gasteiger partial charge in [0, 0.05) is 0 Å². The average Bonchev–Trinajstić information content (AvgIpc) is 1.81. The predicted octanol–water partition coefficient (Wildman–Crippen LogP) is -1.08. The largest absolute Gasteiger partial charge is 0.394 e. The summed E-state index contributed by atoms with van der Waals surface area (Å²) in [5.41, 5.74) is 0. The first kappa shape index (κ1) is 7.84. The molecule has 0 amide bonds. The number of aliphatic hydroxyl groups is 2. The molecule has 0 saturated heterocycles. The van der Waals surface area contributed by atoms with Crippen molar-refractivity contribution in [3.63, 3.8) is 0 Å². The molecule has 0 unspecified atom stereocenters. The van der Waals surface area contributed by atoms with Crippen molar-refractivity contribution in [2.24, 2.45) is 0 Å². The second-order valence-electron chi connectivity index (χ2n) is 1.08. The van der Waals surface area contributed by atoms with Gasteiger partial charge in [0.1, 0.15) is 13.6 Å². The van der Waals surface area contributed by atoms with Gasteiger partial charge in [0.25, 0.3) is 0 Å². The summed E-state index contributed by atoms with van der Waals surface area (Å²) in [5.74, 6) is 0. The van der Waals surface area contributed by atoms with Crippen LogP contribution in [0.2, 0.25) is 0 Å². The van der Waals surface area contributed by atoms with Crippen LogP contribution in [-0.2, 0) is 9.47 Å². The predicted molar refractivity (Wildman–Crippen MR) is 26.1 cm³/mol. The van der Waals surface area contributed by atoms with E-state index in [1.165, 1.54) is 0 Å². The van der Waals surface area contributed by atoms with Crippen LogP contribution < -0.4 is 0 Å². The lowest BCUT2D eigenvalue weighted by Crippen LogP contribution is -2.04. The number of hydrogen-bond donors (Lipinski definition) is 2. The second-order valence-corrected chi connectivity index (χ2v) is 1.08. The van der Waals surface area contributed by atoms with Crippen LogP contribution in [0.4, 0.5) is 0 Å². The summed E-state index contributed by atoms with van der Waals surface area (Å²) in [5, 5.41) is 16.1. The van der Waals surface area contributed by atoms with E-state index >= 15 is 0 Å². The lowest BCUT2D eigenvalue weighted by atomic mass is 10.8. The zero-order chi connectivity index (χ0) is 6.24. The van der Waals surface area contributed by atoms with Gasteiger partial charge in [-0.3, -0.25) is 0 Å². The standard InChI is InChI=1S/C4H10O4/c5-1-2-7-4-8-3-6/h5-6H,1-4H2. The van der Waals surface area contributed by atoms with E-state index in [4.69, 9.17) is 10.2 Å². The molecular weight excluding hydrogens is 112 g/mol. The SMILES string of the molecule is OCCOCOCO. The van der Waals surface area contributed by atoms with Crippen LogP contribution in [0, 0.1) is 0 Å². The highest BCUT2D eigenvalue weighted by Crippen LogP contribution is 1.73. The van der Waals surface area contributed by atoms with Gasteiger partial charge in [-0.2, -0.15) is 0 Å². The molecule has 0 atom stereocenters. The number of hydrogen-bond acceptors (Lipinski definition) is 4. The molecule has 0 spiro atoms. The maximum atomic E-state index is 8.12. The zero-order valence-corrected chi connectivity index (χ0v) is 4.54. The van der Waals surface area contributed by atoms with Crippen molar-refractivity contribution in [3.05, 3.63) is 0 Å². The van der Waals surface area contributed by atoms with Gasteiger partial charge >= 0.3 is 0 Å². The van der Waals surface area contributed by atoms with Crippen molar-refractivity contribution in [2.45, 2.75) is 0 Å². The molecule has 0 heterocycles. The van der Waals surface area contributed by atoms with Crippen LogP contribution in [0.15, 0.2) is 0 Å². The summed E-state index contributed by atoms with van der Waals surface area (Å²) in [6.45, 7) is -0.0721. The molecular formula is C4H10O4. The molecule has 0 aromatic rings. The van der Waals surface area contributed by atoms with Gasteiger partial charge in [0.2, 0.25) is 0 Å². The third-order valence-corrected chi connectivity index (χ3v) is 0.494. The Morgan fingerprint density at radius 2 is 1.88 bits per heavy atom. The van der Waals surface area contributed by atoms with E-state index in [1.54, 1.807) is 0 Å². The first-order chi connectivity index (χ1) is 3.91. The molecule has 0 rings (SSSR count). The Balaban J connectivity index is 2.53.